The van der Waals surface area contributed by atoms with Crippen molar-refractivity contribution in [3.8, 4) is 0 Å². The van der Waals surface area contributed by atoms with Crippen LogP contribution in [0.2, 0.25) is 0 Å². The minimum atomic E-state index is -0.474. The fraction of sp³-hybridized carbons (Fsp3) is 0.467. The maximum atomic E-state index is 11.9. The highest BCUT2D eigenvalue weighted by Crippen LogP contribution is 2.20. The van der Waals surface area contributed by atoms with Crippen LogP contribution in [0.25, 0.3) is 0 Å². The molecule has 0 saturated carbocycles. The molecule has 0 atom stereocenters. The number of hydrogen-bond acceptors (Lipinski definition) is 5. The van der Waals surface area contributed by atoms with Crippen LogP contribution in [0, 0.1) is 0 Å². The minimum absolute atomic E-state index is 0.148. The van der Waals surface area contributed by atoms with Crippen molar-refractivity contribution in [3.63, 3.8) is 0 Å². The summed E-state index contributed by atoms with van der Waals surface area (Å²) in [7, 11) is 1.32. The Balaban J connectivity index is 2.99. The molecule has 0 heterocycles. The Morgan fingerprint density at radius 2 is 2.05 bits per heavy atom. The summed E-state index contributed by atoms with van der Waals surface area (Å²) in [6.45, 7) is 3.38. The Kier molecular flexibility index (Phi) is 6.68. The quantitative estimate of drug-likeness (QED) is 0.553. The summed E-state index contributed by atoms with van der Waals surface area (Å²) in [4.78, 5) is 24.9. The van der Waals surface area contributed by atoms with E-state index in [0.29, 0.717) is 17.8 Å². The average molecular weight is 293 g/mol. The van der Waals surface area contributed by atoms with Gasteiger partial charge in [0.2, 0.25) is 5.91 Å². The highest BCUT2D eigenvalue weighted by Gasteiger charge is 2.18. The molecular weight excluding hydrogens is 270 g/mol. The van der Waals surface area contributed by atoms with E-state index in [4.69, 9.17) is 16.2 Å². The van der Waals surface area contributed by atoms with Crippen molar-refractivity contribution in [2.45, 2.75) is 26.3 Å². The van der Waals surface area contributed by atoms with Crippen LogP contribution in [0.15, 0.2) is 18.2 Å². The maximum Gasteiger partial charge on any atom is 0.340 e. The fourth-order valence-corrected chi connectivity index (χ4v) is 2.16. The molecule has 0 saturated heterocycles. The lowest BCUT2D eigenvalue weighted by molar-refractivity contribution is -0.119. The Morgan fingerprint density at radius 3 is 2.62 bits per heavy atom. The molecule has 6 heteroatoms. The van der Waals surface area contributed by atoms with Crippen molar-refractivity contribution in [3.05, 3.63) is 29.3 Å². The largest absolute Gasteiger partial charge is 0.465 e. The number of unbranched alkanes of at least 4 members (excludes halogenated alkanes) is 1. The predicted octanol–water partition coefficient (Wildman–Crippen LogP) is 1.14. The standard InChI is InChI=1S/C15H23N3O3/c1-3-4-8-18(10-13(17)19)9-11-6-5-7-12(16)14(11)15(20)21-2/h5-7H,3-4,8-10,16H2,1-2H3,(H2,17,19). The molecule has 1 amide bonds. The molecule has 0 aliphatic carbocycles. The molecule has 0 fully saturated rings. The lowest BCUT2D eigenvalue weighted by Crippen LogP contribution is -2.34. The van der Waals surface area contributed by atoms with E-state index >= 15 is 0 Å². The minimum Gasteiger partial charge on any atom is -0.465 e. The lowest BCUT2D eigenvalue weighted by atomic mass is 10.0. The smallest absolute Gasteiger partial charge is 0.340 e. The molecule has 6 nitrogen and oxygen atoms in total. The van der Waals surface area contributed by atoms with Crippen molar-refractivity contribution in [2.75, 3.05) is 25.9 Å². The van der Waals surface area contributed by atoms with Gasteiger partial charge < -0.3 is 16.2 Å². The zero-order valence-corrected chi connectivity index (χ0v) is 12.6. The number of rotatable bonds is 8. The first-order chi connectivity index (χ1) is 9.99. The summed E-state index contributed by atoms with van der Waals surface area (Å²) >= 11 is 0. The second kappa shape index (κ2) is 8.26. The van der Waals surface area contributed by atoms with Crippen LogP contribution in [0.3, 0.4) is 0 Å². The summed E-state index contributed by atoms with van der Waals surface area (Å²) < 4.78 is 4.77. The number of carbonyl (C=O) groups excluding carboxylic acids is 2. The fourth-order valence-electron chi connectivity index (χ4n) is 2.16. The monoisotopic (exact) mass is 293 g/mol. The number of amides is 1. The van der Waals surface area contributed by atoms with E-state index in [2.05, 4.69) is 6.92 Å². The van der Waals surface area contributed by atoms with Gasteiger partial charge in [0, 0.05) is 12.2 Å². The van der Waals surface area contributed by atoms with Gasteiger partial charge in [-0.15, -0.1) is 0 Å². The number of methoxy groups -OCH3 is 1. The van der Waals surface area contributed by atoms with Crippen LogP contribution in [0.5, 0.6) is 0 Å². The number of ether oxygens (including phenoxy) is 1. The number of nitrogen functional groups attached to an aromatic ring is 1. The number of anilines is 1. The molecule has 0 unspecified atom stereocenters. The van der Waals surface area contributed by atoms with Gasteiger partial charge in [0.1, 0.15) is 0 Å². The summed E-state index contributed by atoms with van der Waals surface area (Å²) in [5, 5.41) is 0. The molecule has 0 radical (unpaired) electrons. The second-order valence-corrected chi connectivity index (χ2v) is 4.90. The summed E-state index contributed by atoms with van der Waals surface area (Å²) in [6, 6.07) is 5.24. The molecule has 4 N–H and O–H groups in total. The SMILES string of the molecule is CCCCN(CC(N)=O)Cc1cccc(N)c1C(=O)OC. The third-order valence-corrected chi connectivity index (χ3v) is 3.17. The number of nitrogens with zero attached hydrogens (tertiary/aromatic N) is 1. The van der Waals surface area contributed by atoms with Crippen molar-refractivity contribution in [1.82, 2.24) is 4.90 Å². The van der Waals surface area contributed by atoms with E-state index in [9.17, 15) is 9.59 Å². The van der Waals surface area contributed by atoms with Gasteiger partial charge in [-0.1, -0.05) is 25.5 Å². The van der Waals surface area contributed by atoms with Gasteiger partial charge in [-0.05, 0) is 24.6 Å². The van der Waals surface area contributed by atoms with E-state index in [1.807, 2.05) is 11.0 Å². The molecule has 0 bridgehead atoms. The van der Waals surface area contributed by atoms with Gasteiger partial charge in [-0.3, -0.25) is 9.69 Å². The first-order valence-corrected chi connectivity index (χ1v) is 6.95. The number of benzene rings is 1. The van der Waals surface area contributed by atoms with Crippen molar-refractivity contribution >= 4 is 17.6 Å². The molecular formula is C15H23N3O3. The van der Waals surface area contributed by atoms with Gasteiger partial charge in [-0.2, -0.15) is 0 Å². The Morgan fingerprint density at radius 1 is 1.33 bits per heavy atom. The summed E-state index contributed by atoms with van der Waals surface area (Å²) in [5.74, 6) is -0.868. The molecule has 1 aromatic carbocycles. The molecule has 0 aromatic heterocycles. The van der Waals surface area contributed by atoms with Gasteiger partial charge >= 0.3 is 5.97 Å². The third kappa shape index (κ3) is 5.07. The van der Waals surface area contributed by atoms with E-state index in [1.54, 1.807) is 12.1 Å². The average Bonchev–Trinajstić information content (AvgIpc) is 2.43. The summed E-state index contributed by atoms with van der Waals surface area (Å²) in [5.41, 5.74) is 12.6. The predicted molar refractivity (Wildman–Crippen MR) is 81.6 cm³/mol. The van der Waals surface area contributed by atoms with E-state index in [1.165, 1.54) is 7.11 Å². The lowest BCUT2D eigenvalue weighted by Gasteiger charge is -2.22. The van der Waals surface area contributed by atoms with E-state index in [-0.39, 0.29) is 6.54 Å². The first-order valence-electron chi connectivity index (χ1n) is 6.95. The number of hydrogen-bond donors (Lipinski definition) is 2. The Bertz CT molecular complexity index is 503. The highest BCUT2D eigenvalue weighted by molar-refractivity contribution is 5.96. The van der Waals surface area contributed by atoms with Crippen LogP contribution >= 0.6 is 0 Å². The van der Waals surface area contributed by atoms with Crippen LogP contribution in [0.1, 0.15) is 35.7 Å². The zero-order valence-electron chi connectivity index (χ0n) is 12.6. The van der Waals surface area contributed by atoms with Crippen LogP contribution in [0.4, 0.5) is 5.69 Å². The first kappa shape index (κ1) is 17.0. The van der Waals surface area contributed by atoms with Gasteiger partial charge in [-0.25, -0.2) is 4.79 Å². The third-order valence-electron chi connectivity index (χ3n) is 3.17. The number of primary amides is 1. The van der Waals surface area contributed by atoms with Crippen LogP contribution in [-0.4, -0.2) is 37.0 Å². The molecule has 0 aliphatic heterocycles. The maximum absolute atomic E-state index is 11.9. The zero-order chi connectivity index (χ0) is 15.8. The molecule has 0 aliphatic rings. The van der Waals surface area contributed by atoms with Gasteiger partial charge in [0.05, 0.1) is 19.2 Å². The van der Waals surface area contributed by atoms with Crippen molar-refractivity contribution in [1.29, 1.82) is 0 Å². The van der Waals surface area contributed by atoms with Crippen molar-refractivity contribution in [2.24, 2.45) is 5.73 Å². The highest BCUT2D eigenvalue weighted by atomic mass is 16.5. The van der Waals surface area contributed by atoms with Gasteiger partial charge in [0.25, 0.3) is 0 Å². The Labute approximate surface area is 125 Å². The molecule has 1 aromatic rings. The second-order valence-electron chi connectivity index (χ2n) is 4.90. The topological polar surface area (TPSA) is 98.6 Å². The van der Waals surface area contributed by atoms with Crippen molar-refractivity contribution < 1.29 is 14.3 Å². The molecule has 116 valence electrons. The van der Waals surface area contributed by atoms with E-state index in [0.717, 1.165) is 24.9 Å². The number of nitrogens with two attached hydrogens (primary N) is 2. The van der Waals surface area contributed by atoms with E-state index < -0.39 is 11.9 Å². The number of carbonyl (C=O) groups is 2. The normalized spacial score (nSPS) is 10.6. The molecule has 1 rings (SSSR count). The van der Waals surface area contributed by atoms with Crippen LogP contribution < -0.4 is 11.5 Å². The molecule has 0 spiro atoms. The number of esters is 1. The Hall–Kier alpha value is -2.08. The summed E-state index contributed by atoms with van der Waals surface area (Å²) in [6.07, 6.45) is 1.96. The molecule has 21 heavy (non-hydrogen) atoms. The van der Waals surface area contributed by atoms with Crippen LogP contribution in [-0.2, 0) is 16.1 Å². The van der Waals surface area contributed by atoms with Gasteiger partial charge in [0.15, 0.2) is 0 Å².